The maximum absolute atomic E-state index is 12.0. The highest BCUT2D eigenvalue weighted by Gasteiger charge is 2.34. The number of carbonyl (C=O) groups is 1. The number of amides is 1. The van der Waals surface area contributed by atoms with E-state index in [9.17, 15) is 4.79 Å². The van der Waals surface area contributed by atoms with E-state index in [0.717, 1.165) is 50.3 Å². The van der Waals surface area contributed by atoms with Crippen molar-refractivity contribution in [1.29, 1.82) is 0 Å². The topological polar surface area (TPSA) is 93.8 Å². The molecule has 2 fully saturated rings. The van der Waals surface area contributed by atoms with Crippen LogP contribution in [0.4, 0.5) is 10.7 Å². The molecular formula is C18H29N5O3. The highest BCUT2D eigenvalue weighted by atomic mass is 16.5. The van der Waals surface area contributed by atoms with Crippen LogP contribution in [0.2, 0.25) is 0 Å². The van der Waals surface area contributed by atoms with Gasteiger partial charge in [-0.1, -0.05) is 0 Å². The number of hydrogen-bond acceptors (Lipinski definition) is 7. The second-order valence-electron chi connectivity index (χ2n) is 7.12. The highest BCUT2D eigenvalue weighted by molar-refractivity contribution is 5.68. The number of rotatable bonds is 4. The van der Waals surface area contributed by atoms with Gasteiger partial charge in [0.15, 0.2) is 0 Å². The molecule has 8 nitrogen and oxygen atoms in total. The van der Waals surface area contributed by atoms with Crippen LogP contribution in [-0.2, 0) is 9.47 Å². The first-order chi connectivity index (χ1) is 12.6. The van der Waals surface area contributed by atoms with Gasteiger partial charge in [0.05, 0.1) is 25.9 Å². The Bertz CT molecular complexity index is 589. The van der Waals surface area contributed by atoms with Crippen LogP contribution in [-0.4, -0.2) is 72.5 Å². The average Bonchev–Trinajstić information content (AvgIpc) is 2.67. The minimum Gasteiger partial charge on any atom is -0.453 e. The molecule has 8 heteroatoms. The van der Waals surface area contributed by atoms with Crippen molar-refractivity contribution in [2.24, 2.45) is 5.73 Å². The number of methoxy groups -OCH3 is 1. The molecule has 1 aromatic heterocycles. The fourth-order valence-electron chi connectivity index (χ4n) is 3.65. The summed E-state index contributed by atoms with van der Waals surface area (Å²) < 4.78 is 11.0. The SMILES string of the molecule is COC(=O)N1CCC[C@H](N)[C@@H]1COC1CCN(c2ncc(C)cn2)CC1. The average molecular weight is 363 g/mol. The smallest absolute Gasteiger partial charge is 0.409 e. The summed E-state index contributed by atoms with van der Waals surface area (Å²) in [6, 6.07) is -0.182. The van der Waals surface area contributed by atoms with Crippen LogP contribution < -0.4 is 10.6 Å². The van der Waals surface area contributed by atoms with E-state index in [4.69, 9.17) is 15.2 Å². The molecule has 0 spiro atoms. The summed E-state index contributed by atoms with van der Waals surface area (Å²) in [7, 11) is 1.41. The van der Waals surface area contributed by atoms with Gasteiger partial charge in [0, 0.05) is 38.1 Å². The van der Waals surface area contributed by atoms with Gasteiger partial charge in [-0.25, -0.2) is 14.8 Å². The Labute approximate surface area is 154 Å². The first kappa shape index (κ1) is 18.8. The third kappa shape index (κ3) is 4.42. The molecule has 0 unspecified atom stereocenters. The van der Waals surface area contributed by atoms with Gasteiger partial charge in [-0.3, -0.25) is 0 Å². The Morgan fingerprint density at radius 3 is 2.58 bits per heavy atom. The highest BCUT2D eigenvalue weighted by Crippen LogP contribution is 2.21. The molecule has 0 bridgehead atoms. The van der Waals surface area contributed by atoms with Gasteiger partial charge in [0.2, 0.25) is 5.95 Å². The molecule has 0 radical (unpaired) electrons. The number of anilines is 1. The third-order valence-electron chi connectivity index (χ3n) is 5.23. The minimum absolute atomic E-state index is 0.0658. The van der Waals surface area contributed by atoms with Crippen LogP contribution in [0.15, 0.2) is 12.4 Å². The van der Waals surface area contributed by atoms with Gasteiger partial charge in [-0.05, 0) is 38.2 Å². The van der Waals surface area contributed by atoms with E-state index in [2.05, 4.69) is 14.9 Å². The van der Waals surface area contributed by atoms with Gasteiger partial charge >= 0.3 is 6.09 Å². The molecule has 1 aromatic rings. The number of likely N-dealkylation sites (tertiary alicyclic amines) is 1. The molecule has 3 heterocycles. The summed E-state index contributed by atoms with van der Waals surface area (Å²) in [6.45, 7) is 4.85. The molecule has 2 saturated heterocycles. The molecule has 0 aromatic carbocycles. The number of ether oxygens (including phenoxy) is 2. The summed E-state index contributed by atoms with van der Waals surface area (Å²) >= 11 is 0. The molecule has 144 valence electrons. The predicted molar refractivity (Wildman–Crippen MR) is 98.1 cm³/mol. The summed E-state index contributed by atoms with van der Waals surface area (Å²) in [4.78, 5) is 24.7. The molecule has 2 atom stereocenters. The maximum atomic E-state index is 12.0. The normalized spacial score (nSPS) is 24.6. The van der Waals surface area contributed by atoms with Gasteiger partial charge in [0.1, 0.15) is 0 Å². The van der Waals surface area contributed by atoms with E-state index in [1.165, 1.54) is 7.11 Å². The summed E-state index contributed by atoms with van der Waals surface area (Å²) in [5.41, 5.74) is 7.29. The number of nitrogens with two attached hydrogens (primary N) is 1. The van der Waals surface area contributed by atoms with Crippen LogP contribution in [0.3, 0.4) is 0 Å². The lowest BCUT2D eigenvalue weighted by atomic mass is 9.98. The molecule has 0 saturated carbocycles. The zero-order valence-corrected chi connectivity index (χ0v) is 15.6. The zero-order valence-electron chi connectivity index (χ0n) is 15.6. The lowest BCUT2D eigenvalue weighted by Crippen LogP contribution is -2.56. The molecule has 2 aliphatic heterocycles. The number of nitrogens with zero attached hydrogens (tertiary/aromatic N) is 4. The van der Waals surface area contributed by atoms with Crippen molar-refractivity contribution >= 4 is 12.0 Å². The van der Waals surface area contributed by atoms with Crippen molar-refractivity contribution in [3.8, 4) is 0 Å². The van der Waals surface area contributed by atoms with E-state index in [-0.39, 0.29) is 24.3 Å². The monoisotopic (exact) mass is 363 g/mol. The standard InChI is InChI=1S/C18H29N5O3/c1-13-10-20-17(21-11-13)22-8-5-14(6-9-22)26-12-16-15(19)4-3-7-23(16)18(24)25-2/h10-11,14-16H,3-9,12,19H2,1-2H3/t15-,16-/m0/s1. The Kier molecular flexibility index (Phi) is 6.26. The first-order valence-corrected chi connectivity index (χ1v) is 9.34. The molecule has 2 aliphatic rings. The predicted octanol–water partition coefficient (Wildman–Crippen LogP) is 1.33. The van der Waals surface area contributed by atoms with E-state index >= 15 is 0 Å². The number of hydrogen-bond donors (Lipinski definition) is 1. The van der Waals surface area contributed by atoms with Crippen molar-refractivity contribution in [2.75, 3.05) is 38.3 Å². The van der Waals surface area contributed by atoms with Gasteiger partial charge in [-0.2, -0.15) is 0 Å². The molecular weight excluding hydrogens is 334 g/mol. The Morgan fingerprint density at radius 1 is 1.23 bits per heavy atom. The summed E-state index contributed by atoms with van der Waals surface area (Å²) in [6.07, 6.45) is 7.18. The zero-order chi connectivity index (χ0) is 18.5. The number of aryl methyl sites for hydroxylation is 1. The van der Waals surface area contributed by atoms with Crippen molar-refractivity contribution < 1.29 is 14.3 Å². The molecule has 1 amide bonds. The van der Waals surface area contributed by atoms with Crippen LogP contribution in [0.5, 0.6) is 0 Å². The van der Waals surface area contributed by atoms with E-state index in [0.29, 0.717) is 13.2 Å². The number of piperidine rings is 2. The van der Waals surface area contributed by atoms with E-state index < -0.39 is 0 Å². The quantitative estimate of drug-likeness (QED) is 0.862. The Balaban J connectivity index is 1.49. The summed E-state index contributed by atoms with van der Waals surface area (Å²) in [5, 5.41) is 0. The Morgan fingerprint density at radius 2 is 1.92 bits per heavy atom. The van der Waals surface area contributed by atoms with Crippen molar-refractivity contribution in [2.45, 2.75) is 50.8 Å². The molecule has 0 aliphatic carbocycles. The van der Waals surface area contributed by atoms with Crippen LogP contribution >= 0.6 is 0 Å². The second-order valence-corrected chi connectivity index (χ2v) is 7.12. The lowest BCUT2D eigenvalue weighted by Gasteiger charge is -2.40. The molecule has 2 N–H and O–H groups in total. The van der Waals surface area contributed by atoms with Crippen LogP contribution in [0.25, 0.3) is 0 Å². The van der Waals surface area contributed by atoms with Crippen molar-refractivity contribution in [1.82, 2.24) is 14.9 Å². The summed E-state index contributed by atoms with van der Waals surface area (Å²) in [5.74, 6) is 0.778. The van der Waals surface area contributed by atoms with Crippen LogP contribution in [0, 0.1) is 6.92 Å². The minimum atomic E-state index is -0.319. The fraction of sp³-hybridized carbons (Fsp3) is 0.722. The Hall–Kier alpha value is -1.93. The molecule has 26 heavy (non-hydrogen) atoms. The van der Waals surface area contributed by atoms with Gasteiger partial charge < -0.3 is 25.0 Å². The van der Waals surface area contributed by atoms with Gasteiger partial charge in [0.25, 0.3) is 0 Å². The van der Waals surface area contributed by atoms with E-state index in [1.54, 1.807) is 4.90 Å². The third-order valence-corrected chi connectivity index (χ3v) is 5.23. The maximum Gasteiger partial charge on any atom is 0.409 e. The second kappa shape index (κ2) is 8.64. The number of carbonyl (C=O) groups excluding carboxylic acids is 1. The fourth-order valence-corrected chi connectivity index (χ4v) is 3.65. The first-order valence-electron chi connectivity index (χ1n) is 9.34. The lowest BCUT2D eigenvalue weighted by molar-refractivity contribution is -0.0164. The van der Waals surface area contributed by atoms with Crippen molar-refractivity contribution in [3.05, 3.63) is 18.0 Å². The van der Waals surface area contributed by atoms with E-state index in [1.807, 2.05) is 19.3 Å². The van der Waals surface area contributed by atoms with Crippen LogP contribution in [0.1, 0.15) is 31.2 Å². The largest absolute Gasteiger partial charge is 0.453 e. The van der Waals surface area contributed by atoms with Gasteiger partial charge in [-0.15, -0.1) is 0 Å². The van der Waals surface area contributed by atoms with Crippen molar-refractivity contribution in [3.63, 3.8) is 0 Å². The molecule has 3 rings (SSSR count). The number of aromatic nitrogens is 2.